The molecule has 2 atom stereocenters. The third kappa shape index (κ3) is 2.98. The van der Waals surface area contributed by atoms with Crippen LogP contribution >= 0.6 is 0 Å². The lowest BCUT2D eigenvalue weighted by molar-refractivity contribution is 0.0807. The first kappa shape index (κ1) is 13.3. The Morgan fingerprint density at radius 2 is 2.33 bits per heavy atom. The van der Waals surface area contributed by atoms with Gasteiger partial charge in [0, 0.05) is 18.8 Å². The van der Waals surface area contributed by atoms with Crippen molar-refractivity contribution in [1.29, 1.82) is 0 Å². The van der Waals surface area contributed by atoms with E-state index in [-0.39, 0.29) is 6.04 Å². The monoisotopic (exact) mass is 252 g/mol. The van der Waals surface area contributed by atoms with Crippen LogP contribution in [0.3, 0.4) is 0 Å². The predicted octanol–water partition coefficient (Wildman–Crippen LogP) is 0.672. The molecule has 0 aromatic carbocycles. The number of aliphatic hydroxyl groups is 1. The van der Waals surface area contributed by atoms with E-state index in [0.717, 1.165) is 18.7 Å². The van der Waals surface area contributed by atoms with Crippen molar-refractivity contribution in [3.63, 3.8) is 0 Å². The Labute approximate surface area is 107 Å². The fraction of sp³-hybridized carbons (Fsp3) is 0.615. The molecule has 0 bridgehead atoms. The molecule has 1 aliphatic heterocycles. The standard InChI is InChI=1S/C13H20N2O3/c1-3-15(11-8-18-9-12(11)16)7-10-4-5-13(17-2)14-6-10/h4-6,11-12,16H,3,7-9H2,1-2H3/t11-,12-/m0/s1. The number of ether oxygens (including phenoxy) is 2. The van der Waals surface area contributed by atoms with Crippen molar-refractivity contribution >= 4 is 0 Å². The number of nitrogens with zero attached hydrogens (tertiary/aromatic N) is 2. The number of pyridine rings is 1. The van der Waals surface area contributed by atoms with Crippen molar-refractivity contribution in [2.75, 3.05) is 26.9 Å². The summed E-state index contributed by atoms with van der Waals surface area (Å²) in [5, 5.41) is 9.85. The summed E-state index contributed by atoms with van der Waals surface area (Å²) < 4.78 is 10.3. The third-order valence-electron chi connectivity index (χ3n) is 3.29. The maximum absolute atomic E-state index is 9.85. The molecular weight excluding hydrogens is 232 g/mol. The van der Waals surface area contributed by atoms with Crippen molar-refractivity contribution < 1.29 is 14.6 Å². The van der Waals surface area contributed by atoms with E-state index in [2.05, 4.69) is 16.8 Å². The van der Waals surface area contributed by atoms with Crippen LogP contribution in [0.4, 0.5) is 0 Å². The zero-order valence-corrected chi connectivity index (χ0v) is 10.9. The Bertz CT molecular complexity index is 369. The van der Waals surface area contributed by atoms with Crippen molar-refractivity contribution in [1.82, 2.24) is 9.88 Å². The van der Waals surface area contributed by atoms with Gasteiger partial charge in [0.25, 0.3) is 0 Å². The quantitative estimate of drug-likeness (QED) is 0.835. The summed E-state index contributed by atoms with van der Waals surface area (Å²) in [6.07, 6.45) is 1.42. The molecule has 2 rings (SSSR count). The largest absolute Gasteiger partial charge is 0.481 e. The molecule has 1 saturated heterocycles. The smallest absolute Gasteiger partial charge is 0.212 e. The van der Waals surface area contributed by atoms with E-state index in [1.54, 1.807) is 7.11 Å². The first-order chi connectivity index (χ1) is 8.74. The van der Waals surface area contributed by atoms with Gasteiger partial charge in [0.1, 0.15) is 0 Å². The summed E-state index contributed by atoms with van der Waals surface area (Å²) in [6, 6.07) is 3.93. The molecule has 1 aromatic rings. The van der Waals surface area contributed by atoms with Crippen LogP contribution < -0.4 is 4.74 Å². The number of hydrogen-bond acceptors (Lipinski definition) is 5. The van der Waals surface area contributed by atoms with Crippen LogP contribution in [0.15, 0.2) is 18.3 Å². The molecule has 0 saturated carbocycles. The Balaban J connectivity index is 2.00. The second kappa shape index (κ2) is 6.13. The van der Waals surface area contributed by atoms with E-state index >= 15 is 0 Å². The van der Waals surface area contributed by atoms with Crippen molar-refractivity contribution in [3.05, 3.63) is 23.9 Å². The minimum atomic E-state index is -0.392. The summed E-state index contributed by atoms with van der Waals surface area (Å²) in [5.74, 6) is 0.617. The average molecular weight is 252 g/mol. The molecule has 100 valence electrons. The molecule has 0 amide bonds. The summed E-state index contributed by atoms with van der Waals surface area (Å²) in [5.41, 5.74) is 1.11. The molecule has 18 heavy (non-hydrogen) atoms. The first-order valence-corrected chi connectivity index (χ1v) is 6.23. The molecule has 1 aliphatic rings. The summed E-state index contributed by atoms with van der Waals surface area (Å²) in [6.45, 7) is 4.75. The number of hydrogen-bond donors (Lipinski definition) is 1. The summed E-state index contributed by atoms with van der Waals surface area (Å²) in [7, 11) is 1.60. The summed E-state index contributed by atoms with van der Waals surface area (Å²) >= 11 is 0. The molecule has 1 aromatic heterocycles. The first-order valence-electron chi connectivity index (χ1n) is 6.23. The van der Waals surface area contributed by atoms with Gasteiger partial charge in [-0.15, -0.1) is 0 Å². The van der Waals surface area contributed by atoms with Crippen LogP contribution in [-0.2, 0) is 11.3 Å². The topological polar surface area (TPSA) is 54.8 Å². The van der Waals surface area contributed by atoms with E-state index < -0.39 is 6.10 Å². The fourth-order valence-corrected chi connectivity index (χ4v) is 2.20. The highest BCUT2D eigenvalue weighted by Gasteiger charge is 2.30. The van der Waals surface area contributed by atoms with Gasteiger partial charge in [-0.05, 0) is 12.1 Å². The Hall–Kier alpha value is -1.17. The van der Waals surface area contributed by atoms with E-state index in [1.165, 1.54) is 0 Å². The van der Waals surface area contributed by atoms with Crippen LogP contribution in [0.5, 0.6) is 5.88 Å². The lowest BCUT2D eigenvalue weighted by atomic mass is 10.1. The second-order valence-electron chi connectivity index (χ2n) is 4.44. The lowest BCUT2D eigenvalue weighted by Gasteiger charge is -2.28. The molecule has 1 fully saturated rings. The molecular formula is C13H20N2O3. The van der Waals surface area contributed by atoms with Gasteiger partial charge < -0.3 is 14.6 Å². The molecule has 5 nitrogen and oxygen atoms in total. The highest BCUT2D eigenvalue weighted by Crippen LogP contribution is 2.17. The van der Waals surface area contributed by atoms with Crippen LogP contribution in [0.25, 0.3) is 0 Å². The number of aliphatic hydroxyl groups excluding tert-OH is 1. The van der Waals surface area contributed by atoms with Crippen LogP contribution in [-0.4, -0.2) is 54.0 Å². The van der Waals surface area contributed by atoms with Crippen molar-refractivity contribution in [2.45, 2.75) is 25.6 Å². The second-order valence-corrected chi connectivity index (χ2v) is 4.44. The normalized spacial score (nSPS) is 23.6. The number of aromatic nitrogens is 1. The van der Waals surface area contributed by atoms with Crippen LogP contribution in [0.2, 0.25) is 0 Å². The lowest BCUT2D eigenvalue weighted by Crippen LogP contribution is -2.42. The Kier molecular flexibility index (Phi) is 4.52. The van der Waals surface area contributed by atoms with Crippen molar-refractivity contribution in [3.8, 4) is 5.88 Å². The molecule has 0 unspecified atom stereocenters. The van der Waals surface area contributed by atoms with Crippen LogP contribution in [0, 0.1) is 0 Å². The van der Waals surface area contributed by atoms with Gasteiger partial charge in [0.15, 0.2) is 0 Å². The van der Waals surface area contributed by atoms with Crippen LogP contribution in [0.1, 0.15) is 12.5 Å². The molecule has 5 heteroatoms. The molecule has 0 spiro atoms. The zero-order chi connectivity index (χ0) is 13.0. The van der Waals surface area contributed by atoms with E-state index in [9.17, 15) is 5.11 Å². The number of methoxy groups -OCH3 is 1. The van der Waals surface area contributed by atoms with E-state index in [0.29, 0.717) is 19.1 Å². The van der Waals surface area contributed by atoms with E-state index in [4.69, 9.17) is 9.47 Å². The average Bonchev–Trinajstić information content (AvgIpc) is 2.83. The van der Waals surface area contributed by atoms with Gasteiger partial charge >= 0.3 is 0 Å². The maximum atomic E-state index is 9.85. The van der Waals surface area contributed by atoms with Gasteiger partial charge in [0.05, 0.1) is 32.5 Å². The van der Waals surface area contributed by atoms with Gasteiger partial charge in [-0.3, -0.25) is 4.90 Å². The van der Waals surface area contributed by atoms with E-state index in [1.807, 2.05) is 18.3 Å². The highest BCUT2D eigenvalue weighted by atomic mass is 16.5. The highest BCUT2D eigenvalue weighted by molar-refractivity contribution is 5.17. The third-order valence-corrected chi connectivity index (χ3v) is 3.29. The molecule has 0 aliphatic carbocycles. The van der Waals surface area contributed by atoms with Gasteiger partial charge in [-0.2, -0.15) is 0 Å². The Morgan fingerprint density at radius 1 is 1.50 bits per heavy atom. The number of likely N-dealkylation sites (N-methyl/N-ethyl adjacent to an activating group) is 1. The minimum absolute atomic E-state index is 0.0806. The SMILES string of the molecule is CCN(Cc1ccc(OC)nc1)[C@H]1COC[C@@H]1O. The fourth-order valence-electron chi connectivity index (χ4n) is 2.20. The Morgan fingerprint density at radius 3 is 2.83 bits per heavy atom. The molecule has 1 N–H and O–H groups in total. The van der Waals surface area contributed by atoms with Crippen molar-refractivity contribution in [2.24, 2.45) is 0 Å². The zero-order valence-electron chi connectivity index (χ0n) is 10.9. The summed E-state index contributed by atoms with van der Waals surface area (Å²) in [4.78, 5) is 6.40. The molecule has 2 heterocycles. The van der Waals surface area contributed by atoms with Gasteiger partial charge in [-0.25, -0.2) is 4.98 Å². The molecule has 0 radical (unpaired) electrons. The van der Waals surface area contributed by atoms with Gasteiger partial charge in [0.2, 0.25) is 5.88 Å². The number of rotatable bonds is 5. The maximum Gasteiger partial charge on any atom is 0.212 e. The minimum Gasteiger partial charge on any atom is -0.481 e. The van der Waals surface area contributed by atoms with Gasteiger partial charge in [-0.1, -0.05) is 13.0 Å². The predicted molar refractivity (Wildman–Crippen MR) is 67.5 cm³/mol.